The molecule has 7 nitrogen and oxygen atoms in total. The lowest BCUT2D eigenvalue weighted by Crippen LogP contribution is -2.87. The fourth-order valence-electron chi connectivity index (χ4n) is 3.08. The van der Waals surface area contributed by atoms with Gasteiger partial charge >= 0.3 is 5.69 Å². The molecule has 3 aromatic rings. The van der Waals surface area contributed by atoms with Crippen molar-refractivity contribution in [2.75, 3.05) is 19.0 Å². The maximum atomic E-state index is 12.6. The predicted molar refractivity (Wildman–Crippen MR) is 112 cm³/mol. The first-order chi connectivity index (χ1) is 14.0. The van der Waals surface area contributed by atoms with Crippen molar-refractivity contribution in [3.05, 3.63) is 86.1 Å². The summed E-state index contributed by atoms with van der Waals surface area (Å²) in [6.07, 6.45) is 0. The summed E-state index contributed by atoms with van der Waals surface area (Å²) in [4.78, 5) is 24.4. The SMILES string of the molecule is COc1cc(NC(=O)C[NH2+][C@@H](c2ccccc2)c2cccs2)c(C)cc1[N+](=O)[O-]. The Bertz CT molecular complexity index is 991. The highest BCUT2D eigenvalue weighted by atomic mass is 32.1. The van der Waals surface area contributed by atoms with Gasteiger partial charge < -0.3 is 15.4 Å². The first-order valence-electron chi connectivity index (χ1n) is 9.04. The van der Waals surface area contributed by atoms with E-state index < -0.39 is 4.92 Å². The largest absolute Gasteiger partial charge is 0.490 e. The molecule has 1 amide bonds. The predicted octanol–water partition coefficient (Wildman–Crippen LogP) is 3.26. The van der Waals surface area contributed by atoms with Crippen LogP contribution in [0.4, 0.5) is 11.4 Å². The number of benzene rings is 2. The molecule has 1 aromatic heterocycles. The molecule has 0 aliphatic heterocycles. The van der Waals surface area contributed by atoms with Crippen LogP contribution in [0.3, 0.4) is 0 Å². The molecule has 0 saturated heterocycles. The van der Waals surface area contributed by atoms with Crippen molar-refractivity contribution in [1.82, 2.24) is 0 Å². The summed E-state index contributed by atoms with van der Waals surface area (Å²) in [5.41, 5.74) is 2.09. The van der Waals surface area contributed by atoms with Crippen LogP contribution in [0.2, 0.25) is 0 Å². The van der Waals surface area contributed by atoms with Crippen LogP contribution in [0.5, 0.6) is 5.75 Å². The first-order valence-corrected chi connectivity index (χ1v) is 9.92. The molecule has 3 rings (SSSR count). The number of methoxy groups -OCH3 is 1. The third-order valence-electron chi connectivity index (χ3n) is 4.54. The zero-order valence-electron chi connectivity index (χ0n) is 16.1. The number of hydrogen-bond donors (Lipinski definition) is 2. The Morgan fingerprint density at radius 1 is 1.24 bits per heavy atom. The highest BCUT2D eigenvalue weighted by molar-refractivity contribution is 7.10. The van der Waals surface area contributed by atoms with Crippen LogP contribution in [0.25, 0.3) is 0 Å². The molecule has 1 heterocycles. The lowest BCUT2D eigenvalue weighted by Gasteiger charge is -2.15. The number of anilines is 1. The standard InChI is InChI=1S/C21H21N3O4S/c1-14-11-17(24(26)27)18(28-2)12-16(14)23-20(25)13-22-21(19-9-6-10-29-19)15-7-4-3-5-8-15/h3-12,21-22H,13H2,1-2H3,(H,23,25)/p+1/t21-/m0/s1. The van der Waals surface area contributed by atoms with Crippen molar-refractivity contribution >= 4 is 28.6 Å². The van der Waals surface area contributed by atoms with Gasteiger partial charge in [-0.1, -0.05) is 36.4 Å². The van der Waals surface area contributed by atoms with E-state index in [1.807, 2.05) is 47.1 Å². The van der Waals surface area contributed by atoms with Crippen LogP contribution in [-0.4, -0.2) is 24.5 Å². The highest BCUT2D eigenvalue weighted by Crippen LogP contribution is 2.32. The van der Waals surface area contributed by atoms with Crippen molar-refractivity contribution in [3.8, 4) is 5.75 Å². The Morgan fingerprint density at radius 3 is 2.62 bits per heavy atom. The van der Waals surface area contributed by atoms with E-state index in [2.05, 4.69) is 11.4 Å². The van der Waals surface area contributed by atoms with Gasteiger partial charge in [-0.25, -0.2) is 0 Å². The van der Waals surface area contributed by atoms with Crippen molar-refractivity contribution in [1.29, 1.82) is 0 Å². The van der Waals surface area contributed by atoms with Gasteiger partial charge in [-0.2, -0.15) is 0 Å². The van der Waals surface area contributed by atoms with Crippen molar-refractivity contribution in [2.24, 2.45) is 0 Å². The molecule has 0 aliphatic rings. The van der Waals surface area contributed by atoms with Crippen molar-refractivity contribution in [2.45, 2.75) is 13.0 Å². The number of nitrogens with two attached hydrogens (primary N) is 1. The third-order valence-corrected chi connectivity index (χ3v) is 5.50. The second-order valence-corrected chi connectivity index (χ2v) is 7.47. The number of amides is 1. The summed E-state index contributed by atoms with van der Waals surface area (Å²) in [7, 11) is 1.36. The number of carbonyl (C=O) groups excluding carboxylic acids is 1. The summed E-state index contributed by atoms with van der Waals surface area (Å²) >= 11 is 1.65. The van der Waals surface area contributed by atoms with E-state index in [9.17, 15) is 14.9 Å². The minimum absolute atomic E-state index is 0.0226. The van der Waals surface area contributed by atoms with E-state index in [1.165, 1.54) is 19.2 Å². The Balaban J connectivity index is 1.72. The molecule has 2 aromatic carbocycles. The monoisotopic (exact) mass is 412 g/mol. The molecule has 0 unspecified atom stereocenters. The fraction of sp³-hybridized carbons (Fsp3) is 0.190. The van der Waals surface area contributed by atoms with Crippen LogP contribution in [0, 0.1) is 17.0 Å². The van der Waals surface area contributed by atoms with Gasteiger partial charge in [0.2, 0.25) is 0 Å². The van der Waals surface area contributed by atoms with E-state index in [0.717, 1.165) is 10.4 Å². The lowest BCUT2D eigenvalue weighted by atomic mass is 10.1. The van der Waals surface area contributed by atoms with E-state index >= 15 is 0 Å². The maximum absolute atomic E-state index is 12.6. The quantitative estimate of drug-likeness (QED) is 0.438. The Morgan fingerprint density at radius 2 is 2.00 bits per heavy atom. The number of nitro groups is 1. The van der Waals surface area contributed by atoms with Crippen molar-refractivity contribution in [3.63, 3.8) is 0 Å². The zero-order valence-corrected chi connectivity index (χ0v) is 16.9. The molecule has 0 bridgehead atoms. The molecule has 0 aliphatic carbocycles. The van der Waals surface area contributed by atoms with Crippen LogP contribution in [-0.2, 0) is 4.79 Å². The van der Waals surface area contributed by atoms with Crippen LogP contribution in [0.15, 0.2) is 60.0 Å². The lowest BCUT2D eigenvalue weighted by molar-refractivity contribution is -0.675. The molecule has 1 atom stereocenters. The number of thiophene rings is 1. The van der Waals surface area contributed by atoms with Gasteiger partial charge in [0.15, 0.2) is 12.3 Å². The number of nitrogens with one attached hydrogen (secondary N) is 1. The van der Waals surface area contributed by atoms with Gasteiger partial charge in [-0.05, 0) is 23.9 Å². The van der Waals surface area contributed by atoms with E-state index in [4.69, 9.17) is 4.74 Å². The molecule has 8 heteroatoms. The Labute approximate surface area is 172 Å². The van der Waals surface area contributed by atoms with Gasteiger partial charge in [-0.3, -0.25) is 14.9 Å². The highest BCUT2D eigenvalue weighted by Gasteiger charge is 2.21. The smallest absolute Gasteiger partial charge is 0.311 e. The van der Waals surface area contributed by atoms with Crippen LogP contribution in [0.1, 0.15) is 22.0 Å². The summed E-state index contributed by atoms with van der Waals surface area (Å²) in [6.45, 7) is 1.92. The molecule has 29 heavy (non-hydrogen) atoms. The summed E-state index contributed by atoms with van der Waals surface area (Å²) < 4.78 is 5.09. The van der Waals surface area contributed by atoms with Crippen LogP contribution < -0.4 is 15.4 Å². The number of carbonyl (C=O) groups is 1. The molecular weight excluding hydrogens is 390 g/mol. The zero-order chi connectivity index (χ0) is 20.8. The molecule has 0 spiro atoms. The molecular formula is C21H22N3O4S+. The minimum atomic E-state index is -0.503. The Hall–Kier alpha value is -3.23. The second kappa shape index (κ2) is 9.31. The summed E-state index contributed by atoms with van der Waals surface area (Å²) in [6, 6.07) is 17.0. The normalized spacial score (nSPS) is 11.7. The molecule has 0 saturated carbocycles. The van der Waals surface area contributed by atoms with Crippen molar-refractivity contribution < 1.29 is 19.8 Å². The minimum Gasteiger partial charge on any atom is -0.490 e. The summed E-state index contributed by atoms with van der Waals surface area (Å²) in [5, 5.41) is 18.0. The van der Waals surface area contributed by atoms with Crippen LogP contribution >= 0.6 is 11.3 Å². The number of quaternary nitrogens is 1. The van der Waals surface area contributed by atoms with E-state index in [-0.39, 0.29) is 29.9 Å². The fourth-order valence-corrected chi connectivity index (χ4v) is 3.94. The van der Waals surface area contributed by atoms with Gasteiger partial charge in [0, 0.05) is 23.4 Å². The van der Waals surface area contributed by atoms with E-state index in [0.29, 0.717) is 11.3 Å². The van der Waals surface area contributed by atoms with Gasteiger partial charge in [0.25, 0.3) is 5.91 Å². The van der Waals surface area contributed by atoms with Gasteiger partial charge in [-0.15, -0.1) is 11.3 Å². The number of ether oxygens (including phenoxy) is 1. The Kier molecular flexibility index (Phi) is 6.58. The molecule has 0 fully saturated rings. The third kappa shape index (κ3) is 4.98. The average Bonchev–Trinajstić information content (AvgIpc) is 3.24. The second-order valence-electron chi connectivity index (χ2n) is 6.49. The maximum Gasteiger partial charge on any atom is 0.311 e. The number of aryl methyl sites for hydroxylation is 1. The number of hydrogen-bond acceptors (Lipinski definition) is 5. The topological polar surface area (TPSA) is 98.1 Å². The van der Waals surface area contributed by atoms with Gasteiger partial charge in [0.1, 0.15) is 6.04 Å². The summed E-state index contributed by atoms with van der Waals surface area (Å²) in [5.74, 6) is -0.0814. The van der Waals surface area contributed by atoms with E-state index in [1.54, 1.807) is 18.3 Å². The number of nitro benzene ring substituents is 1. The molecule has 0 radical (unpaired) electrons. The molecule has 150 valence electrons. The molecule has 3 N–H and O–H groups in total. The first kappa shape index (κ1) is 20.5. The van der Waals surface area contributed by atoms with Gasteiger partial charge in [0.05, 0.1) is 16.9 Å². The average molecular weight is 412 g/mol. The number of nitrogens with zero attached hydrogens (tertiary/aromatic N) is 1. The number of rotatable bonds is 8.